The second-order valence-corrected chi connectivity index (χ2v) is 9.38. The fourth-order valence-corrected chi connectivity index (χ4v) is 4.24. The summed E-state index contributed by atoms with van der Waals surface area (Å²) in [6, 6.07) is 23.0. The fourth-order valence-electron chi connectivity index (χ4n) is 3.26. The third-order valence-electron chi connectivity index (χ3n) is 4.88. The summed E-state index contributed by atoms with van der Waals surface area (Å²) < 4.78 is 37.1. The van der Waals surface area contributed by atoms with Crippen LogP contribution in [0.25, 0.3) is 22.1 Å². The molecule has 0 unspecified atom stereocenters. The van der Waals surface area contributed by atoms with Crippen LogP contribution >= 0.6 is 0 Å². The van der Waals surface area contributed by atoms with Crippen molar-refractivity contribution in [1.82, 2.24) is 4.31 Å². The van der Waals surface area contributed by atoms with Gasteiger partial charge >= 0.3 is 5.63 Å². The van der Waals surface area contributed by atoms with Crippen LogP contribution in [0.5, 0.6) is 5.75 Å². The average molecular weight is 436 g/mol. The van der Waals surface area contributed by atoms with E-state index in [9.17, 15) is 13.2 Å². The van der Waals surface area contributed by atoms with Gasteiger partial charge in [0.2, 0.25) is 10.0 Å². The molecule has 3 aromatic carbocycles. The van der Waals surface area contributed by atoms with Crippen LogP contribution in [0.2, 0.25) is 0 Å². The van der Waals surface area contributed by atoms with E-state index >= 15 is 0 Å². The molecule has 158 valence electrons. The molecule has 0 saturated carbocycles. The molecule has 6 nitrogen and oxygen atoms in total. The standard InChI is InChI=1S/C24H21NO5S/c1-25(2)31(27,28)20-10-6-7-17(13-20)16-29-19-11-12-21-22(18-8-4-3-5-9-18)15-24(26)30-23(21)14-19/h3-15H,16H2,1-2H3. The highest BCUT2D eigenvalue weighted by molar-refractivity contribution is 7.89. The van der Waals surface area contributed by atoms with Gasteiger partial charge in [0, 0.05) is 31.6 Å². The summed E-state index contributed by atoms with van der Waals surface area (Å²) in [5.74, 6) is 0.515. The Morgan fingerprint density at radius 1 is 0.903 bits per heavy atom. The highest BCUT2D eigenvalue weighted by atomic mass is 32.2. The van der Waals surface area contributed by atoms with Crippen molar-refractivity contribution in [3.8, 4) is 16.9 Å². The zero-order chi connectivity index (χ0) is 22.0. The predicted octanol–water partition coefficient (Wildman–Crippen LogP) is 4.29. The van der Waals surface area contributed by atoms with Gasteiger partial charge in [-0.15, -0.1) is 0 Å². The highest BCUT2D eigenvalue weighted by Crippen LogP contribution is 2.30. The predicted molar refractivity (Wildman–Crippen MR) is 120 cm³/mol. The molecule has 0 bridgehead atoms. The number of hydrogen-bond acceptors (Lipinski definition) is 5. The van der Waals surface area contributed by atoms with E-state index in [-0.39, 0.29) is 11.5 Å². The van der Waals surface area contributed by atoms with Crippen LogP contribution in [-0.2, 0) is 16.6 Å². The minimum Gasteiger partial charge on any atom is -0.489 e. The molecule has 0 aliphatic carbocycles. The van der Waals surface area contributed by atoms with E-state index in [2.05, 4.69) is 0 Å². The molecule has 4 aromatic rings. The van der Waals surface area contributed by atoms with Gasteiger partial charge in [-0.2, -0.15) is 0 Å². The molecule has 7 heteroatoms. The maximum atomic E-state index is 12.3. The normalized spacial score (nSPS) is 11.7. The number of ether oxygens (including phenoxy) is 1. The van der Waals surface area contributed by atoms with Gasteiger partial charge in [-0.05, 0) is 41.0 Å². The second kappa shape index (κ2) is 8.37. The molecule has 31 heavy (non-hydrogen) atoms. The summed E-state index contributed by atoms with van der Waals surface area (Å²) in [4.78, 5) is 12.3. The van der Waals surface area contributed by atoms with Crippen molar-refractivity contribution >= 4 is 21.0 Å². The van der Waals surface area contributed by atoms with Gasteiger partial charge in [0.1, 0.15) is 17.9 Å². The van der Waals surface area contributed by atoms with Crippen molar-refractivity contribution < 1.29 is 17.6 Å². The lowest BCUT2D eigenvalue weighted by atomic mass is 10.0. The van der Waals surface area contributed by atoms with Gasteiger partial charge in [0.15, 0.2) is 0 Å². The Kier molecular flexibility index (Phi) is 5.63. The van der Waals surface area contributed by atoms with Gasteiger partial charge < -0.3 is 9.15 Å². The molecule has 1 aromatic heterocycles. The molecular weight excluding hydrogens is 414 g/mol. The first kappa shape index (κ1) is 20.8. The number of rotatable bonds is 6. The molecule has 0 atom stereocenters. The number of fused-ring (bicyclic) bond motifs is 1. The Bertz CT molecular complexity index is 1390. The summed E-state index contributed by atoms with van der Waals surface area (Å²) in [6.45, 7) is 0.172. The SMILES string of the molecule is CN(C)S(=O)(=O)c1cccc(COc2ccc3c(-c4ccccc4)cc(=O)oc3c2)c1. The van der Waals surface area contributed by atoms with Crippen LogP contribution in [0.1, 0.15) is 5.56 Å². The molecule has 0 amide bonds. The third kappa shape index (κ3) is 4.38. The van der Waals surface area contributed by atoms with Gasteiger partial charge in [-0.25, -0.2) is 17.5 Å². The van der Waals surface area contributed by atoms with Crippen molar-refractivity contribution in [3.63, 3.8) is 0 Å². The van der Waals surface area contributed by atoms with E-state index < -0.39 is 15.6 Å². The summed E-state index contributed by atoms with van der Waals surface area (Å²) in [7, 11) is -0.537. The van der Waals surface area contributed by atoms with E-state index in [0.717, 1.165) is 16.5 Å². The minimum atomic E-state index is -3.52. The van der Waals surface area contributed by atoms with Gasteiger partial charge in [-0.3, -0.25) is 0 Å². The van der Waals surface area contributed by atoms with Crippen molar-refractivity contribution in [2.75, 3.05) is 14.1 Å². The van der Waals surface area contributed by atoms with Crippen molar-refractivity contribution in [3.05, 3.63) is 94.8 Å². The Balaban J connectivity index is 1.62. The first-order valence-corrected chi connectivity index (χ1v) is 11.1. The summed E-state index contributed by atoms with van der Waals surface area (Å²) in [6.07, 6.45) is 0. The molecule has 0 saturated heterocycles. The lowest BCUT2D eigenvalue weighted by Gasteiger charge is -2.13. The average Bonchev–Trinajstić information content (AvgIpc) is 2.77. The van der Waals surface area contributed by atoms with E-state index in [1.807, 2.05) is 36.4 Å². The van der Waals surface area contributed by atoms with E-state index in [0.29, 0.717) is 16.9 Å². The number of nitrogens with zero attached hydrogens (tertiary/aromatic N) is 1. The zero-order valence-electron chi connectivity index (χ0n) is 17.1. The topological polar surface area (TPSA) is 76.8 Å². The maximum Gasteiger partial charge on any atom is 0.336 e. The third-order valence-corrected chi connectivity index (χ3v) is 6.69. The molecule has 1 heterocycles. The summed E-state index contributed by atoms with van der Waals surface area (Å²) >= 11 is 0. The number of hydrogen-bond donors (Lipinski definition) is 0. The smallest absolute Gasteiger partial charge is 0.336 e. The lowest BCUT2D eigenvalue weighted by Crippen LogP contribution is -2.22. The van der Waals surface area contributed by atoms with Gasteiger partial charge in [0.25, 0.3) is 0 Å². The Labute approximate surface area is 180 Å². The summed E-state index contributed by atoms with van der Waals surface area (Å²) in [5, 5.41) is 0.803. The largest absolute Gasteiger partial charge is 0.489 e. The van der Waals surface area contributed by atoms with E-state index in [1.54, 1.807) is 36.4 Å². The zero-order valence-corrected chi connectivity index (χ0v) is 17.9. The molecule has 0 N–H and O–H groups in total. The van der Waals surface area contributed by atoms with Crippen LogP contribution in [0.4, 0.5) is 0 Å². The first-order valence-electron chi connectivity index (χ1n) is 9.62. The Morgan fingerprint density at radius 2 is 1.68 bits per heavy atom. The van der Waals surface area contributed by atoms with Crippen molar-refractivity contribution in [2.24, 2.45) is 0 Å². The highest BCUT2D eigenvalue weighted by Gasteiger charge is 2.17. The lowest BCUT2D eigenvalue weighted by molar-refractivity contribution is 0.306. The van der Waals surface area contributed by atoms with Crippen LogP contribution < -0.4 is 10.4 Å². The van der Waals surface area contributed by atoms with Gasteiger partial charge in [-0.1, -0.05) is 42.5 Å². The Hall–Kier alpha value is -3.42. The Morgan fingerprint density at radius 3 is 2.42 bits per heavy atom. The van der Waals surface area contributed by atoms with Gasteiger partial charge in [0.05, 0.1) is 4.90 Å². The van der Waals surface area contributed by atoms with Crippen molar-refractivity contribution in [1.29, 1.82) is 0 Å². The molecule has 0 spiro atoms. The molecule has 0 aliphatic rings. The second-order valence-electron chi connectivity index (χ2n) is 7.23. The molecule has 0 fully saturated rings. The maximum absolute atomic E-state index is 12.3. The minimum absolute atomic E-state index is 0.172. The molecule has 4 rings (SSSR count). The van der Waals surface area contributed by atoms with E-state index in [1.165, 1.54) is 24.5 Å². The number of benzene rings is 3. The van der Waals surface area contributed by atoms with Crippen LogP contribution in [0, 0.1) is 0 Å². The van der Waals surface area contributed by atoms with E-state index in [4.69, 9.17) is 9.15 Å². The van der Waals surface area contributed by atoms with Crippen LogP contribution in [0.3, 0.4) is 0 Å². The first-order chi connectivity index (χ1) is 14.8. The molecule has 0 aliphatic heterocycles. The fraction of sp³-hybridized carbons (Fsp3) is 0.125. The molecular formula is C24H21NO5S. The van der Waals surface area contributed by atoms with Crippen molar-refractivity contribution in [2.45, 2.75) is 11.5 Å². The quantitative estimate of drug-likeness (QED) is 0.422. The monoisotopic (exact) mass is 435 g/mol. The number of sulfonamides is 1. The van der Waals surface area contributed by atoms with Crippen LogP contribution in [-0.4, -0.2) is 26.8 Å². The van der Waals surface area contributed by atoms with Crippen LogP contribution in [0.15, 0.2) is 93.0 Å². The summed E-state index contributed by atoms with van der Waals surface area (Å²) in [5.41, 5.74) is 2.41. The molecule has 0 radical (unpaired) electrons.